The molecule has 0 aliphatic rings. The van der Waals surface area contributed by atoms with E-state index >= 15 is 0 Å². The standard InChI is InChI=1S/C36H41ClO5SSi/c1-23(2)44(24(3)4,25(5)6)42-30-18-14-28(15-19-30)36(35(40)27-12-16-29(38)17-13-27)43-34-20-31(37)33(21-32(34)39)41-22-26-10-8-7-9-11-26/h7-21,23-25,36,38-39H,22H2,1-6H3. The Labute approximate surface area is 271 Å². The molecule has 0 bridgehead atoms. The monoisotopic (exact) mass is 648 g/mol. The first-order valence-electron chi connectivity index (χ1n) is 14.9. The number of carbonyl (C=O) groups is 1. The molecule has 0 heterocycles. The van der Waals surface area contributed by atoms with Gasteiger partial charge in [-0.05, 0) is 70.2 Å². The molecule has 4 rings (SSSR count). The van der Waals surface area contributed by atoms with Crippen LogP contribution in [0.2, 0.25) is 21.6 Å². The molecule has 8 heteroatoms. The van der Waals surface area contributed by atoms with Crippen molar-refractivity contribution in [1.29, 1.82) is 0 Å². The summed E-state index contributed by atoms with van der Waals surface area (Å²) in [6, 6.07) is 26.7. The minimum atomic E-state index is -2.16. The van der Waals surface area contributed by atoms with E-state index in [1.165, 1.54) is 30.0 Å². The normalized spacial score (nSPS) is 12.5. The Morgan fingerprint density at radius 3 is 1.98 bits per heavy atom. The SMILES string of the molecule is CC(C)[Si](Oc1ccc(C(Sc2cc(Cl)c(OCc3ccccc3)cc2O)C(=O)c2ccc(O)cc2)cc1)(C(C)C)C(C)C. The number of carbonyl (C=O) groups excluding carboxylic acids is 1. The molecule has 0 aromatic heterocycles. The van der Waals surface area contributed by atoms with Gasteiger partial charge in [-0.25, -0.2) is 0 Å². The summed E-state index contributed by atoms with van der Waals surface area (Å²) in [6.07, 6.45) is 0. The van der Waals surface area contributed by atoms with E-state index in [-0.39, 0.29) is 17.3 Å². The van der Waals surface area contributed by atoms with Crippen LogP contribution in [0.15, 0.2) is 95.9 Å². The minimum Gasteiger partial charge on any atom is -0.543 e. The van der Waals surface area contributed by atoms with Gasteiger partial charge in [-0.2, -0.15) is 0 Å². The summed E-state index contributed by atoms with van der Waals surface area (Å²) in [6.45, 7) is 13.8. The van der Waals surface area contributed by atoms with Gasteiger partial charge in [0.25, 0.3) is 8.32 Å². The first kappa shape index (κ1) is 33.5. The minimum absolute atomic E-state index is 0.0347. The van der Waals surface area contributed by atoms with Gasteiger partial charge in [-0.15, -0.1) is 11.8 Å². The summed E-state index contributed by atoms with van der Waals surface area (Å²) in [7, 11) is -2.16. The summed E-state index contributed by atoms with van der Waals surface area (Å²) < 4.78 is 12.7. The molecule has 5 nitrogen and oxygen atoms in total. The number of rotatable bonds is 13. The van der Waals surface area contributed by atoms with Gasteiger partial charge in [0.1, 0.15) is 29.6 Å². The second kappa shape index (κ2) is 14.6. The second-order valence-electron chi connectivity index (χ2n) is 11.9. The molecule has 44 heavy (non-hydrogen) atoms. The second-order valence-corrected chi connectivity index (χ2v) is 18.9. The van der Waals surface area contributed by atoms with Gasteiger partial charge in [0, 0.05) is 11.6 Å². The van der Waals surface area contributed by atoms with E-state index in [2.05, 4.69) is 41.5 Å². The van der Waals surface area contributed by atoms with Gasteiger partial charge < -0.3 is 19.4 Å². The third-order valence-electron chi connectivity index (χ3n) is 8.07. The maximum Gasteiger partial charge on any atom is 0.258 e. The third-order valence-corrected chi connectivity index (χ3v) is 15.7. The van der Waals surface area contributed by atoms with Crippen LogP contribution in [0.5, 0.6) is 23.0 Å². The number of aromatic hydroxyl groups is 2. The fourth-order valence-corrected chi connectivity index (χ4v) is 12.6. The summed E-state index contributed by atoms with van der Waals surface area (Å²) in [5.74, 6) is 1.03. The van der Waals surface area contributed by atoms with Crippen LogP contribution in [0.1, 0.15) is 68.3 Å². The Morgan fingerprint density at radius 1 is 0.818 bits per heavy atom. The molecule has 0 aliphatic carbocycles. The van der Waals surface area contributed by atoms with Gasteiger partial charge in [-0.1, -0.05) is 95.6 Å². The number of thioether (sulfide) groups is 1. The smallest absolute Gasteiger partial charge is 0.258 e. The van der Waals surface area contributed by atoms with Crippen LogP contribution in [-0.2, 0) is 6.61 Å². The van der Waals surface area contributed by atoms with Crippen LogP contribution in [0.3, 0.4) is 0 Å². The van der Waals surface area contributed by atoms with Crippen LogP contribution >= 0.6 is 23.4 Å². The highest BCUT2D eigenvalue weighted by molar-refractivity contribution is 8.00. The van der Waals surface area contributed by atoms with Crippen LogP contribution in [0, 0.1) is 0 Å². The van der Waals surface area contributed by atoms with Gasteiger partial charge >= 0.3 is 0 Å². The highest BCUT2D eigenvalue weighted by atomic mass is 35.5. The fourth-order valence-electron chi connectivity index (χ4n) is 5.91. The Hall–Kier alpha value is -3.39. The van der Waals surface area contributed by atoms with Gasteiger partial charge in [0.2, 0.25) is 0 Å². The first-order chi connectivity index (χ1) is 20.9. The van der Waals surface area contributed by atoms with Gasteiger partial charge in [0.05, 0.1) is 15.2 Å². The molecular weight excluding hydrogens is 608 g/mol. The van der Waals surface area contributed by atoms with E-state index in [0.717, 1.165) is 16.9 Å². The third kappa shape index (κ3) is 7.63. The van der Waals surface area contributed by atoms with Crippen LogP contribution in [0.25, 0.3) is 0 Å². The Bertz CT molecular complexity index is 1520. The van der Waals surface area contributed by atoms with E-state index in [4.69, 9.17) is 20.8 Å². The van der Waals surface area contributed by atoms with E-state index in [0.29, 0.717) is 44.5 Å². The number of ketones is 1. The number of phenols is 2. The molecule has 0 saturated carbocycles. The summed E-state index contributed by atoms with van der Waals surface area (Å²) in [5.41, 5.74) is 3.45. The summed E-state index contributed by atoms with van der Waals surface area (Å²) in [5, 5.41) is 20.4. The molecule has 0 saturated heterocycles. The molecule has 0 fully saturated rings. The van der Waals surface area contributed by atoms with Crippen molar-refractivity contribution in [3.63, 3.8) is 0 Å². The molecule has 0 radical (unpaired) electrons. The van der Waals surface area contributed by atoms with Crippen molar-refractivity contribution in [2.24, 2.45) is 0 Å². The van der Waals surface area contributed by atoms with Crippen molar-refractivity contribution in [1.82, 2.24) is 0 Å². The van der Waals surface area contributed by atoms with Crippen molar-refractivity contribution in [3.05, 3.63) is 113 Å². The number of benzene rings is 4. The van der Waals surface area contributed by atoms with Crippen molar-refractivity contribution in [3.8, 4) is 23.0 Å². The molecule has 0 spiro atoms. The predicted molar refractivity (Wildman–Crippen MR) is 183 cm³/mol. The summed E-state index contributed by atoms with van der Waals surface area (Å²) in [4.78, 5) is 14.3. The number of hydrogen-bond donors (Lipinski definition) is 2. The zero-order valence-electron chi connectivity index (χ0n) is 26.1. The van der Waals surface area contributed by atoms with E-state index < -0.39 is 13.6 Å². The summed E-state index contributed by atoms with van der Waals surface area (Å²) >= 11 is 7.81. The highest BCUT2D eigenvalue weighted by Gasteiger charge is 2.47. The average Bonchev–Trinajstić information content (AvgIpc) is 2.99. The maximum atomic E-state index is 13.9. The van der Waals surface area contributed by atoms with E-state index in [9.17, 15) is 15.0 Å². The first-order valence-corrected chi connectivity index (χ1v) is 18.3. The fraction of sp³-hybridized carbons (Fsp3) is 0.306. The molecular formula is C36H41ClO5SSi. The molecule has 1 atom stereocenters. The Balaban J connectivity index is 1.65. The predicted octanol–water partition coefficient (Wildman–Crippen LogP) is 10.6. The Morgan fingerprint density at radius 2 is 1.41 bits per heavy atom. The number of phenolic OH excluding ortho intramolecular Hbond substituents is 2. The zero-order chi connectivity index (χ0) is 32.0. The average molecular weight is 649 g/mol. The van der Waals surface area contributed by atoms with Gasteiger partial charge in [0.15, 0.2) is 5.78 Å². The lowest BCUT2D eigenvalue weighted by Gasteiger charge is -2.42. The topological polar surface area (TPSA) is 76.0 Å². The molecule has 2 N–H and O–H groups in total. The van der Waals surface area contributed by atoms with Crippen molar-refractivity contribution >= 4 is 37.5 Å². The van der Waals surface area contributed by atoms with E-state index in [1.807, 2.05) is 54.6 Å². The largest absolute Gasteiger partial charge is 0.543 e. The van der Waals surface area contributed by atoms with Crippen LogP contribution in [-0.4, -0.2) is 24.3 Å². The molecule has 0 amide bonds. The number of Topliss-reactive ketones (excluding diaryl/α,β-unsaturated/α-hetero) is 1. The molecule has 4 aromatic rings. The molecule has 1 unspecified atom stereocenters. The zero-order valence-corrected chi connectivity index (χ0v) is 28.7. The van der Waals surface area contributed by atoms with Crippen LogP contribution < -0.4 is 9.16 Å². The number of ether oxygens (including phenoxy) is 1. The molecule has 232 valence electrons. The lowest BCUT2D eigenvalue weighted by atomic mass is 10.0. The number of halogens is 1. The lowest BCUT2D eigenvalue weighted by molar-refractivity contribution is 0.0989. The highest BCUT2D eigenvalue weighted by Crippen LogP contribution is 2.46. The molecule has 4 aromatic carbocycles. The quantitative estimate of drug-likeness (QED) is 0.0853. The lowest BCUT2D eigenvalue weighted by Crippen LogP contribution is -2.50. The molecule has 0 aliphatic heterocycles. The van der Waals surface area contributed by atoms with Gasteiger partial charge in [-0.3, -0.25) is 4.79 Å². The van der Waals surface area contributed by atoms with Crippen LogP contribution in [0.4, 0.5) is 0 Å². The van der Waals surface area contributed by atoms with E-state index in [1.54, 1.807) is 18.2 Å². The van der Waals surface area contributed by atoms with Crippen molar-refractivity contribution < 1.29 is 24.2 Å². The maximum absolute atomic E-state index is 13.9. The number of hydrogen-bond acceptors (Lipinski definition) is 6. The van der Waals surface area contributed by atoms with Crippen molar-refractivity contribution in [2.45, 2.75) is 74.9 Å². The Kier molecular flexibility index (Phi) is 11.1. The van der Waals surface area contributed by atoms with Crippen molar-refractivity contribution in [2.75, 3.05) is 0 Å².